The molecule has 2 unspecified atom stereocenters. The first-order valence-electron chi connectivity index (χ1n) is 7.52. The molecule has 0 aliphatic rings. The molecule has 0 aromatic heterocycles. The fourth-order valence-corrected chi connectivity index (χ4v) is 2.19. The molecule has 0 aliphatic carbocycles. The number of phenols is 3. The second kappa shape index (κ2) is 8.11. The average Bonchev–Trinajstić information content (AvgIpc) is 2.60. The SMILES string of the molecule is O=C(O)/C=C/c1ccc(OC(C(=O)O)C(O)c2ccc(O)c(O)c2)c(O)c1. The number of rotatable bonds is 7. The quantitative estimate of drug-likeness (QED) is 0.310. The van der Waals surface area contributed by atoms with Gasteiger partial charge in [0, 0.05) is 6.08 Å². The van der Waals surface area contributed by atoms with Gasteiger partial charge in [-0.1, -0.05) is 12.1 Å². The number of carboxylic acids is 2. The molecule has 6 N–H and O–H groups in total. The second-order valence-corrected chi connectivity index (χ2v) is 5.47. The number of carbonyl (C=O) groups is 2. The normalized spacial score (nSPS) is 13.2. The van der Waals surface area contributed by atoms with E-state index in [0.29, 0.717) is 5.56 Å². The van der Waals surface area contributed by atoms with Gasteiger partial charge in [0.05, 0.1) is 0 Å². The van der Waals surface area contributed by atoms with Gasteiger partial charge < -0.3 is 35.4 Å². The zero-order valence-corrected chi connectivity index (χ0v) is 13.7. The Labute approximate surface area is 152 Å². The highest BCUT2D eigenvalue weighted by molar-refractivity contribution is 5.85. The number of hydrogen-bond donors (Lipinski definition) is 6. The molecule has 2 atom stereocenters. The molecule has 0 fully saturated rings. The molecular formula is C18H16O9. The number of phenolic OH excluding ortho intramolecular Hbond substituents is 3. The lowest BCUT2D eigenvalue weighted by atomic mass is 10.0. The van der Waals surface area contributed by atoms with Gasteiger partial charge in [0.15, 0.2) is 23.0 Å². The maximum Gasteiger partial charge on any atom is 0.348 e. The van der Waals surface area contributed by atoms with Crippen molar-refractivity contribution in [3.8, 4) is 23.0 Å². The Hall–Kier alpha value is -3.72. The molecule has 9 heteroatoms. The Balaban J connectivity index is 2.26. The van der Waals surface area contributed by atoms with E-state index in [2.05, 4.69) is 0 Å². The molecule has 0 amide bonds. The molecule has 2 rings (SSSR count). The first kappa shape index (κ1) is 19.6. The van der Waals surface area contributed by atoms with Crippen molar-refractivity contribution < 1.29 is 45.0 Å². The summed E-state index contributed by atoms with van der Waals surface area (Å²) in [4.78, 5) is 22.0. The monoisotopic (exact) mass is 376 g/mol. The van der Waals surface area contributed by atoms with Crippen LogP contribution in [0.25, 0.3) is 6.08 Å². The first-order valence-corrected chi connectivity index (χ1v) is 7.52. The van der Waals surface area contributed by atoms with E-state index in [0.717, 1.165) is 24.3 Å². The minimum absolute atomic E-state index is 0.0294. The predicted molar refractivity (Wildman–Crippen MR) is 91.6 cm³/mol. The van der Waals surface area contributed by atoms with Gasteiger partial charge in [-0.3, -0.25) is 0 Å². The van der Waals surface area contributed by atoms with Crippen LogP contribution in [0, 0.1) is 0 Å². The maximum absolute atomic E-state index is 11.5. The highest BCUT2D eigenvalue weighted by Crippen LogP contribution is 2.33. The summed E-state index contributed by atoms with van der Waals surface area (Å²) in [5, 5.41) is 56.9. The largest absolute Gasteiger partial charge is 0.504 e. The van der Waals surface area contributed by atoms with E-state index in [4.69, 9.17) is 9.84 Å². The van der Waals surface area contributed by atoms with Gasteiger partial charge in [0.25, 0.3) is 0 Å². The molecule has 0 saturated heterocycles. The summed E-state index contributed by atoms with van der Waals surface area (Å²) in [6.45, 7) is 0. The molecule has 0 aliphatic heterocycles. The van der Waals surface area contributed by atoms with Crippen LogP contribution in [-0.2, 0) is 9.59 Å². The lowest BCUT2D eigenvalue weighted by Crippen LogP contribution is -2.33. The Morgan fingerprint density at radius 3 is 2.19 bits per heavy atom. The van der Waals surface area contributed by atoms with Gasteiger partial charge in [-0.15, -0.1) is 0 Å². The van der Waals surface area contributed by atoms with Crippen LogP contribution in [0.2, 0.25) is 0 Å². The minimum atomic E-state index is -1.83. The second-order valence-electron chi connectivity index (χ2n) is 5.47. The molecule has 2 aromatic rings. The van der Waals surface area contributed by atoms with Crippen molar-refractivity contribution >= 4 is 18.0 Å². The molecule has 0 spiro atoms. The van der Waals surface area contributed by atoms with Crippen molar-refractivity contribution in [2.75, 3.05) is 0 Å². The first-order chi connectivity index (χ1) is 12.7. The van der Waals surface area contributed by atoms with E-state index in [-0.39, 0.29) is 11.3 Å². The number of benzene rings is 2. The zero-order chi connectivity index (χ0) is 20.1. The van der Waals surface area contributed by atoms with Gasteiger partial charge in [-0.05, 0) is 41.5 Å². The molecule has 0 heterocycles. The molecule has 0 bridgehead atoms. The van der Waals surface area contributed by atoms with Crippen LogP contribution in [-0.4, -0.2) is 48.7 Å². The van der Waals surface area contributed by atoms with Crippen molar-refractivity contribution in [1.29, 1.82) is 0 Å². The number of aliphatic hydroxyl groups excluding tert-OH is 1. The molecule has 0 radical (unpaired) electrons. The molecular weight excluding hydrogens is 360 g/mol. The van der Waals surface area contributed by atoms with Gasteiger partial charge in [0.1, 0.15) is 6.10 Å². The Kier molecular flexibility index (Phi) is 5.89. The Morgan fingerprint density at radius 2 is 1.63 bits per heavy atom. The van der Waals surface area contributed by atoms with Crippen molar-refractivity contribution in [3.05, 3.63) is 53.6 Å². The molecule has 9 nitrogen and oxygen atoms in total. The van der Waals surface area contributed by atoms with E-state index >= 15 is 0 Å². The van der Waals surface area contributed by atoms with Crippen LogP contribution in [0.5, 0.6) is 23.0 Å². The summed E-state index contributed by atoms with van der Waals surface area (Å²) < 4.78 is 5.19. The van der Waals surface area contributed by atoms with Crippen LogP contribution in [0.3, 0.4) is 0 Å². The van der Waals surface area contributed by atoms with E-state index in [9.17, 15) is 35.1 Å². The van der Waals surface area contributed by atoms with E-state index < -0.39 is 41.4 Å². The van der Waals surface area contributed by atoms with Crippen LogP contribution >= 0.6 is 0 Å². The number of carboxylic acid groups (broad SMARTS) is 2. The Bertz CT molecular complexity index is 888. The van der Waals surface area contributed by atoms with E-state index in [1.165, 1.54) is 24.3 Å². The van der Waals surface area contributed by atoms with Gasteiger partial charge in [0.2, 0.25) is 6.10 Å². The average molecular weight is 376 g/mol. The topological polar surface area (TPSA) is 165 Å². The molecule has 0 saturated carbocycles. The summed E-state index contributed by atoms with van der Waals surface area (Å²) in [7, 11) is 0. The maximum atomic E-state index is 11.5. The van der Waals surface area contributed by atoms with Crippen molar-refractivity contribution in [1.82, 2.24) is 0 Å². The van der Waals surface area contributed by atoms with Gasteiger partial charge >= 0.3 is 11.9 Å². The molecule has 142 valence electrons. The van der Waals surface area contributed by atoms with Crippen LogP contribution in [0.4, 0.5) is 0 Å². The van der Waals surface area contributed by atoms with Crippen LogP contribution in [0.15, 0.2) is 42.5 Å². The summed E-state index contributed by atoms with van der Waals surface area (Å²) in [6.07, 6.45) is -1.48. The van der Waals surface area contributed by atoms with Gasteiger partial charge in [-0.25, -0.2) is 9.59 Å². The van der Waals surface area contributed by atoms with Crippen molar-refractivity contribution in [3.63, 3.8) is 0 Å². The lowest BCUT2D eigenvalue weighted by molar-refractivity contribution is -0.150. The third-order valence-corrected chi connectivity index (χ3v) is 3.53. The number of ether oxygens (including phenoxy) is 1. The van der Waals surface area contributed by atoms with Crippen molar-refractivity contribution in [2.45, 2.75) is 12.2 Å². The number of aliphatic hydroxyl groups is 1. The van der Waals surface area contributed by atoms with Crippen LogP contribution in [0.1, 0.15) is 17.2 Å². The number of hydrogen-bond acceptors (Lipinski definition) is 7. The van der Waals surface area contributed by atoms with Crippen LogP contribution < -0.4 is 4.74 Å². The number of aromatic hydroxyl groups is 3. The summed E-state index contributed by atoms with van der Waals surface area (Å²) in [5.41, 5.74) is 0.302. The van der Waals surface area contributed by atoms with E-state index in [1.54, 1.807) is 0 Å². The minimum Gasteiger partial charge on any atom is -0.504 e. The van der Waals surface area contributed by atoms with E-state index in [1.807, 2.05) is 0 Å². The highest BCUT2D eigenvalue weighted by Gasteiger charge is 2.31. The summed E-state index contributed by atoms with van der Waals surface area (Å²) >= 11 is 0. The third-order valence-electron chi connectivity index (χ3n) is 3.53. The molecule has 27 heavy (non-hydrogen) atoms. The fourth-order valence-electron chi connectivity index (χ4n) is 2.19. The molecule has 2 aromatic carbocycles. The lowest BCUT2D eigenvalue weighted by Gasteiger charge is -2.21. The smallest absolute Gasteiger partial charge is 0.348 e. The van der Waals surface area contributed by atoms with Gasteiger partial charge in [-0.2, -0.15) is 0 Å². The summed E-state index contributed by atoms with van der Waals surface area (Å²) in [5.74, 6) is -4.42. The zero-order valence-electron chi connectivity index (χ0n) is 13.7. The fraction of sp³-hybridized carbons (Fsp3) is 0.111. The summed E-state index contributed by atoms with van der Waals surface area (Å²) in [6, 6.07) is 7.03. The predicted octanol–water partition coefficient (Wildman–Crippen LogP) is 1.47. The highest BCUT2D eigenvalue weighted by atomic mass is 16.5. The standard InChI is InChI=1S/C18H16O9/c19-11-4-3-10(8-12(11)20)16(24)17(18(25)26)27-14-5-1-9(7-13(14)21)2-6-15(22)23/h1-8,16-17,19-21,24H,(H,22,23)(H,25,26)/b6-2+. The number of aliphatic carboxylic acids is 2. The third kappa shape index (κ3) is 4.89. The van der Waals surface area contributed by atoms with Crippen molar-refractivity contribution in [2.24, 2.45) is 0 Å². The Morgan fingerprint density at radius 1 is 0.926 bits per heavy atom.